The Morgan fingerprint density at radius 1 is 0.784 bits per heavy atom. The zero-order valence-electron chi connectivity index (χ0n) is 21.0. The molecular formula is C29H32N6O2. The summed E-state index contributed by atoms with van der Waals surface area (Å²) in [6.07, 6.45) is 4.35. The molecule has 1 aromatic heterocycles. The number of amides is 2. The van der Waals surface area contributed by atoms with Crippen molar-refractivity contribution in [3.63, 3.8) is 0 Å². The molecule has 4 heterocycles. The highest BCUT2D eigenvalue weighted by Gasteiger charge is 2.38. The molecule has 2 aromatic carbocycles. The molecular weight excluding hydrogens is 464 g/mol. The maximum Gasteiger partial charge on any atom is 0.228 e. The molecule has 3 fully saturated rings. The molecule has 3 aromatic rings. The maximum absolute atomic E-state index is 13.3. The first-order chi connectivity index (χ1) is 18.2. The molecule has 0 saturated carbocycles. The van der Waals surface area contributed by atoms with Crippen LogP contribution < -0.4 is 14.7 Å². The van der Waals surface area contributed by atoms with Crippen LogP contribution in [0.1, 0.15) is 19.3 Å². The van der Waals surface area contributed by atoms with Crippen LogP contribution in [0.25, 0.3) is 11.3 Å². The Balaban J connectivity index is 1.06. The molecule has 0 bridgehead atoms. The third-order valence-electron chi connectivity index (χ3n) is 7.74. The van der Waals surface area contributed by atoms with Gasteiger partial charge in [-0.05, 0) is 37.1 Å². The summed E-state index contributed by atoms with van der Waals surface area (Å²) in [4.78, 5) is 43.3. The van der Waals surface area contributed by atoms with Crippen molar-refractivity contribution >= 4 is 29.0 Å². The fraction of sp³-hybridized carbons (Fsp3) is 0.379. The van der Waals surface area contributed by atoms with E-state index >= 15 is 0 Å². The molecule has 8 heteroatoms. The van der Waals surface area contributed by atoms with E-state index in [0.717, 1.165) is 35.9 Å². The molecule has 8 nitrogen and oxygen atoms in total. The van der Waals surface area contributed by atoms with Gasteiger partial charge in [0.1, 0.15) is 12.1 Å². The van der Waals surface area contributed by atoms with Crippen molar-refractivity contribution in [2.75, 3.05) is 60.5 Å². The van der Waals surface area contributed by atoms with Crippen LogP contribution in [-0.4, -0.2) is 72.5 Å². The largest absolute Gasteiger partial charge is 0.372 e. The monoisotopic (exact) mass is 496 g/mol. The van der Waals surface area contributed by atoms with Crippen LogP contribution in [0.4, 0.5) is 17.2 Å². The van der Waals surface area contributed by atoms with E-state index in [1.54, 1.807) is 11.2 Å². The minimum atomic E-state index is -0.291. The first kappa shape index (κ1) is 23.5. The van der Waals surface area contributed by atoms with Crippen LogP contribution in [0.3, 0.4) is 0 Å². The van der Waals surface area contributed by atoms with Crippen molar-refractivity contribution in [3.05, 3.63) is 67.0 Å². The molecule has 2 amide bonds. The van der Waals surface area contributed by atoms with Crippen LogP contribution in [0.15, 0.2) is 67.0 Å². The van der Waals surface area contributed by atoms with E-state index in [-0.39, 0.29) is 24.2 Å². The molecule has 1 unspecified atom stereocenters. The van der Waals surface area contributed by atoms with Crippen molar-refractivity contribution in [2.24, 2.45) is 5.92 Å². The minimum Gasteiger partial charge on any atom is -0.372 e. The zero-order valence-corrected chi connectivity index (χ0v) is 21.0. The molecule has 0 aliphatic carbocycles. The summed E-state index contributed by atoms with van der Waals surface area (Å²) in [6.45, 7) is 5.30. The number of piperazine rings is 1. The number of carbonyl (C=O) groups is 2. The summed E-state index contributed by atoms with van der Waals surface area (Å²) in [7, 11) is 0. The molecule has 6 rings (SSSR count). The number of hydrogen-bond donors (Lipinski definition) is 0. The van der Waals surface area contributed by atoms with Crippen molar-refractivity contribution in [2.45, 2.75) is 19.3 Å². The van der Waals surface area contributed by atoms with Crippen LogP contribution >= 0.6 is 0 Å². The van der Waals surface area contributed by atoms with Gasteiger partial charge in [-0.15, -0.1) is 0 Å². The van der Waals surface area contributed by atoms with Gasteiger partial charge in [0.2, 0.25) is 11.8 Å². The van der Waals surface area contributed by atoms with Crippen LogP contribution in [0.5, 0.6) is 0 Å². The van der Waals surface area contributed by atoms with E-state index in [1.807, 2.05) is 53.4 Å². The van der Waals surface area contributed by atoms with Crippen LogP contribution in [-0.2, 0) is 9.59 Å². The van der Waals surface area contributed by atoms with Crippen LogP contribution in [0, 0.1) is 5.92 Å². The smallest absolute Gasteiger partial charge is 0.228 e. The first-order valence-corrected chi connectivity index (χ1v) is 13.2. The lowest BCUT2D eigenvalue weighted by atomic mass is 10.1. The number of benzene rings is 2. The molecule has 3 saturated heterocycles. The van der Waals surface area contributed by atoms with Crippen molar-refractivity contribution in [3.8, 4) is 11.3 Å². The number of carbonyl (C=O) groups excluding carboxylic acids is 2. The lowest BCUT2D eigenvalue weighted by Crippen LogP contribution is -2.51. The van der Waals surface area contributed by atoms with Gasteiger partial charge in [0, 0.05) is 75.2 Å². The van der Waals surface area contributed by atoms with Crippen molar-refractivity contribution in [1.82, 2.24) is 14.9 Å². The van der Waals surface area contributed by atoms with Crippen molar-refractivity contribution < 1.29 is 9.59 Å². The highest BCUT2D eigenvalue weighted by Crippen LogP contribution is 2.30. The number of nitrogens with zero attached hydrogens (tertiary/aromatic N) is 6. The van der Waals surface area contributed by atoms with Gasteiger partial charge in [-0.1, -0.05) is 30.3 Å². The molecule has 190 valence electrons. The number of anilines is 3. The zero-order chi connectivity index (χ0) is 25.2. The number of aromatic nitrogens is 2. The normalized spacial score (nSPS) is 20.1. The first-order valence-electron chi connectivity index (χ1n) is 13.2. The second kappa shape index (κ2) is 10.2. The Morgan fingerprint density at radius 2 is 1.49 bits per heavy atom. The number of hydrogen-bond acceptors (Lipinski definition) is 6. The van der Waals surface area contributed by atoms with E-state index in [9.17, 15) is 9.59 Å². The minimum absolute atomic E-state index is 0.0281. The standard InChI is InChI=1S/C29H32N6O2/c36-28-18-23(20-35(28)25-10-8-24(9-11-25)32-12-4-5-13-32)29(37)34-16-14-33(15-17-34)27-19-26(30-21-31-27)22-6-2-1-3-7-22/h1-3,6-11,19,21,23H,4-5,12-18,20H2. The van der Waals surface area contributed by atoms with E-state index in [1.165, 1.54) is 18.5 Å². The highest BCUT2D eigenvalue weighted by molar-refractivity contribution is 6.00. The van der Waals surface area contributed by atoms with Gasteiger partial charge in [-0.2, -0.15) is 0 Å². The summed E-state index contributed by atoms with van der Waals surface area (Å²) in [5.41, 5.74) is 4.03. The third-order valence-corrected chi connectivity index (χ3v) is 7.74. The molecule has 0 radical (unpaired) electrons. The van der Waals surface area contributed by atoms with E-state index in [2.05, 4.69) is 31.9 Å². The predicted octanol–water partition coefficient (Wildman–Crippen LogP) is 3.45. The molecule has 1 atom stereocenters. The second-order valence-electron chi connectivity index (χ2n) is 10.1. The van der Waals surface area contributed by atoms with Gasteiger partial charge in [-0.3, -0.25) is 9.59 Å². The molecule has 0 N–H and O–H groups in total. The Labute approximate surface area is 217 Å². The van der Waals surface area contributed by atoms with Gasteiger partial charge in [-0.25, -0.2) is 9.97 Å². The van der Waals surface area contributed by atoms with Gasteiger partial charge in [0.15, 0.2) is 0 Å². The van der Waals surface area contributed by atoms with Gasteiger partial charge < -0.3 is 19.6 Å². The average molecular weight is 497 g/mol. The Morgan fingerprint density at radius 3 is 2.22 bits per heavy atom. The topological polar surface area (TPSA) is 72.9 Å². The molecule has 0 spiro atoms. The summed E-state index contributed by atoms with van der Waals surface area (Å²) in [5, 5.41) is 0. The fourth-order valence-corrected chi connectivity index (χ4v) is 5.64. The average Bonchev–Trinajstić information content (AvgIpc) is 3.64. The van der Waals surface area contributed by atoms with Crippen LogP contribution in [0.2, 0.25) is 0 Å². The lowest BCUT2D eigenvalue weighted by Gasteiger charge is -2.36. The van der Waals surface area contributed by atoms with E-state index < -0.39 is 0 Å². The fourth-order valence-electron chi connectivity index (χ4n) is 5.64. The molecule has 3 aliphatic rings. The lowest BCUT2D eigenvalue weighted by molar-refractivity contribution is -0.136. The third kappa shape index (κ3) is 4.88. The van der Waals surface area contributed by atoms with Gasteiger partial charge >= 0.3 is 0 Å². The second-order valence-corrected chi connectivity index (χ2v) is 10.1. The van der Waals surface area contributed by atoms with Crippen molar-refractivity contribution in [1.29, 1.82) is 0 Å². The SMILES string of the molecule is O=C(C1CC(=O)N(c2ccc(N3CCCC3)cc2)C1)N1CCN(c2cc(-c3ccccc3)ncn2)CC1. The summed E-state index contributed by atoms with van der Waals surface area (Å²) < 4.78 is 0. The predicted molar refractivity (Wildman–Crippen MR) is 145 cm³/mol. The summed E-state index contributed by atoms with van der Waals surface area (Å²) in [6, 6.07) is 20.3. The Hall–Kier alpha value is -3.94. The summed E-state index contributed by atoms with van der Waals surface area (Å²) >= 11 is 0. The van der Waals surface area contributed by atoms with E-state index in [4.69, 9.17) is 0 Å². The maximum atomic E-state index is 13.3. The van der Waals surface area contributed by atoms with E-state index in [0.29, 0.717) is 32.7 Å². The molecule has 37 heavy (non-hydrogen) atoms. The Kier molecular flexibility index (Phi) is 6.47. The molecule has 3 aliphatic heterocycles. The van der Waals surface area contributed by atoms with Gasteiger partial charge in [0.25, 0.3) is 0 Å². The summed E-state index contributed by atoms with van der Waals surface area (Å²) in [5.74, 6) is 0.693. The number of rotatable bonds is 5. The quantitative estimate of drug-likeness (QED) is 0.539. The Bertz CT molecular complexity index is 1250. The van der Waals surface area contributed by atoms with Gasteiger partial charge in [0.05, 0.1) is 11.6 Å². The highest BCUT2D eigenvalue weighted by atomic mass is 16.2.